The van der Waals surface area contributed by atoms with Gasteiger partial charge in [-0.2, -0.15) is 0 Å². The van der Waals surface area contributed by atoms with Crippen LogP contribution in [0.15, 0.2) is 121 Å². The van der Waals surface area contributed by atoms with E-state index in [1.807, 2.05) is 126 Å². The minimum absolute atomic E-state index is 0.202. The van der Waals surface area contributed by atoms with Gasteiger partial charge in [-0.15, -0.1) is 0 Å². The number of para-hydroxylation sites is 4. The molecular weight excluding hydrogens is 991 g/mol. The molecule has 4 fully saturated rings. The Hall–Kier alpha value is -4.61. The number of carbonyl (C=O) groups is 1. The summed E-state index contributed by atoms with van der Waals surface area (Å²) in [6.45, 7) is 33.4. The maximum absolute atomic E-state index is 11.2. The summed E-state index contributed by atoms with van der Waals surface area (Å²) in [5, 5.41) is 0. The van der Waals surface area contributed by atoms with E-state index in [0.29, 0.717) is 0 Å². The van der Waals surface area contributed by atoms with Crippen LogP contribution in [0.1, 0.15) is 144 Å². The summed E-state index contributed by atoms with van der Waals surface area (Å²) < 4.78 is 22.8. The predicted molar refractivity (Wildman–Crippen MR) is 335 cm³/mol. The number of amides is 1. The molecule has 0 radical (unpaired) electrons. The molecule has 10 heteroatoms. The number of rotatable bonds is 28. The molecule has 5 atom stereocenters. The van der Waals surface area contributed by atoms with Gasteiger partial charge in [0.05, 0.1) is 26.4 Å². The van der Waals surface area contributed by atoms with Gasteiger partial charge in [0.2, 0.25) is 5.91 Å². The van der Waals surface area contributed by atoms with Crippen LogP contribution in [-0.4, -0.2) is 148 Å². The van der Waals surface area contributed by atoms with Crippen molar-refractivity contribution in [3.8, 4) is 23.0 Å². The topological polar surface area (TPSA) is 70.2 Å². The van der Waals surface area contributed by atoms with Crippen LogP contribution in [0.5, 0.6) is 23.0 Å². The van der Waals surface area contributed by atoms with E-state index >= 15 is 0 Å². The highest BCUT2D eigenvalue weighted by Gasteiger charge is 2.23. The van der Waals surface area contributed by atoms with Crippen LogP contribution in [0.25, 0.3) is 0 Å². The molecule has 10 nitrogen and oxygen atoms in total. The van der Waals surface area contributed by atoms with Crippen molar-refractivity contribution in [2.24, 2.45) is 29.6 Å². The molecular formula is C70H111N5O5. The van der Waals surface area contributed by atoms with Crippen LogP contribution in [-0.2, 0) is 4.79 Å². The number of nitrogens with zero attached hydrogens (tertiary/aromatic N) is 5. The van der Waals surface area contributed by atoms with Crippen molar-refractivity contribution in [1.82, 2.24) is 24.5 Å². The largest absolute Gasteiger partial charge is 0.494 e. The van der Waals surface area contributed by atoms with E-state index in [9.17, 15) is 4.79 Å². The molecule has 4 aromatic rings. The number of unbranched alkanes of at least 4 members (excludes halogenated alkanes) is 8. The van der Waals surface area contributed by atoms with Gasteiger partial charge in [0.25, 0.3) is 0 Å². The number of ether oxygens (including phenoxy) is 4. The summed E-state index contributed by atoms with van der Waals surface area (Å²) >= 11 is 0. The lowest BCUT2D eigenvalue weighted by Gasteiger charge is -2.34. The van der Waals surface area contributed by atoms with Gasteiger partial charge in [0, 0.05) is 65.8 Å². The van der Waals surface area contributed by atoms with Gasteiger partial charge < -0.3 is 38.5 Å². The molecule has 446 valence electrons. The van der Waals surface area contributed by atoms with Crippen LogP contribution in [0, 0.1) is 29.6 Å². The van der Waals surface area contributed by atoms with Gasteiger partial charge in [-0.3, -0.25) is 9.69 Å². The van der Waals surface area contributed by atoms with Crippen molar-refractivity contribution in [3.63, 3.8) is 0 Å². The second kappa shape index (κ2) is 41.4. The van der Waals surface area contributed by atoms with E-state index in [1.165, 1.54) is 136 Å². The van der Waals surface area contributed by atoms with Crippen LogP contribution in [0.4, 0.5) is 0 Å². The zero-order chi connectivity index (χ0) is 56.7. The molecule has 4 saturated heterocycles. The summed E-state index contributed by atoms with van der Waals surface area (Å²) in [6, 6.07) is 40.3. The van der Waals surface area contributed by atoms with E-state index in [4.69, 9.17) is 18.9 Å². The highest BCUT2D eigenvalue weighted by atomic mass is 16.5. The van der Waals surface area contributed by atoms with E-state index in [0.717, 1.165) is 137 Å². The van der Waals surface area contributed by atoms with Crippen molar-refractivity contribution in [2.75, 3.05) is 118 Å². The van der Waals surface area contributed by atoms with E-state index in [-0.39, 0.29) is 5.91 Å². The molecule has 0 aromatic heterocycles. The molecule has 4 heterocycles. The molecule has 4 aromatic carbocycles. The van der Waals surface area contributed by atoms with Gasteiger partial charge in [0.15, 0.2) is 0 Å². The van der Waals surface area contributed by atoms with Crippen molar-refractivity contribution >= 4 is 5.91 Å². The number of piperazine rings is 1. The fraction of sp³-hybridized carbons (Fsp3) is 0.643. The first-order chi connectivity index (χ1) is 39.1. The van der Waals surface area contributed by atoms with Gasteiger partial charge in [0.1, 0.15) is 23.0 Å². The Kier molecular flexibility index (Phi) is 34.2. The third kappa shape index (κ3) is 31.0. The fourth-order valence-corrected chi connectivity index (χ4v) is 12.0. The summed E-state index contributed by atoms with van der Waals surface area (Å²) in [5.41, 5.74) is 0. The zero-order valence-corrected chi connectivity index (χ0v) is 51.3. The van der Waals surface area contributed by atoms with Gasteiger partial charge in [-0.25, -0.2) is 0 Å². The first kappa shape index (κ1) is 66.2. The standard InChI is InChI=1S/2C18H29NO.C17H26N2O2.C17H27NO/c2*1-16-13-17(2)15-19(14-16)11-7-4-8-12-20-18-9-5-3-6-10-18;1-16(20)19-13-11-18(12-14-19)10-6-3-7-15-21-17-8-4-2-5-9-17;1-16-9-8-13-18(15-16)12-6-3-7-14-19-17-10-4-2-5-11-17/h2*3,5-6,9-10,16-17H,4,7-8,11-15H2,1-2H3;2,4-5,8-9H,3,6-7,10-15H2,1H3;2,4-5,10-11,16H,3,6-9,12-15H2,1H3/t16-,17+;16-,17-;;/m.0../s1. The summed E-state index contributed by atoms with van der Waals surface area (Å²) in [5.74, 6) is 8.53. The average Bonchev–Trinajstić information content (AvgIpc) is 3.46. The molecule has 1 unspecified atom stereocenters. The van der Waals surface area contributed by atoms with E-state index < -0.39 is 0 Å². The van der Waals surface area contributed by atoms with Crippen LogP contribution >= 0.6 is 0 Å². The van der Waals surface area contributed by atoms with Crippen LogP contribution in [0.2, 0.25) is 0 Å². The monoisotopic (exact) mass is 1100 g/mol. The molecule has 0 N–H and O–H groups in total. The van der Waals surface area contributed by atoms with Crippen LogP contribution in [0.3, 0.4) is 0 Å². The molecule has 4 aliphatic heterocycles. The first-order valence-electron chi connectivity index (χ1n) is 31.9. The Balaban J connectivity index is 0.000000196. The quantitative estimate of drug-likeness (QED) is 0.0517. The molecule has 0 spiro atoms. The van der Waals surface area contributed by atoms with Crippen LogP contribution < -0.4 is 18.9 Å². The van der Waals surface area contributed by atoms with Gasteiger partial charge >= 0.3 is 0 Å². The third-order valence-corrected chi connectivity index (χ3v) is 16.0. The molecule has 0 bridgehead atoms. The number of hydrogen-bond acceptors (Lipinski definition) is 9. The SMILES string of the molecule is CC(=O)N1CCN(CCCCCOc2ccccc2)CC1.CC1CCCN(CCCCCOc2ccccc2)C1.C[C@@H]1C[C@H](C)CN(CCCCCOc2ccccc2)C1.C[C@H]1C[C@H](C)CN(CCCCCOc2ccccc2)C1. The highest BCUT2D eigenvalue weighted by Crippen LogP contribution is 2.23. The average molecular weight is 1100 g/mol. The second-order valence-electron chi connectivity index (χ2n) is 24.2. The molecule has 8 rings (SSSR count). The molecule has 4 aliphatic rings. The van der Waals surface area contributed by atoms with Crippen molar-refractivity contribution in [1.29, 1.82) is 0 Å². The summed E-state index contributed by atoms with van der Waals surface area (Å²) in [6.07, 6.45) is 20.3. The predicted octanol–water partition coefficient (Wildman–Crippen LogP) is 14.8. The zero-order valence-electron chi connectivity index (χ0n) is 51.3. The summed E-state index contributed by atoms with van der Waals surface area (Å²) in [7, 11) is 0. The van der Waals surface area contributed by atoms with E-state index in [2.05, 4.69) is 54.2 Å². The lowest BCUT2D eigenvalue weighted by molar-refractivity contribution is -0.130. The number of carbonyl (C=O) groups excluding carboxylic acids is 1. The Morgan fingerprint density at radius 2 is 0.662 bits per heavy atom. The Morgan fingerprint density at radius 1 is 0.362 bits per heavy atom. The molecule has 80 heavy (non-hydrogen) atoms. The Bertz CT molecular complexity index is 1980. The number of piperidine rings is 3. The molecule has 0 saturated carbocycles. The second-order valence-corrected chi connectivity index (χ2v) is 24.2. The summed E-state index contributed by atoms with van der Waals surface area (Å²) in [4.78, 5) is 23.6. The highest BCUT2D eigenvalue weighted by molar-refractivity contribution is 5.73. The minimum Gasteiger partial charge on any atom is -0.494 e. The van der Waals surface area contributed by atoms with Crippen molar-refractivity contribution in [3.05, 3.63) is 121 Å². The third-order valence-electron chi connectivity index (χ3n) is 16.0. The Labute approximate surface area is 488 Å². The smallest absolute Gasteiger partial charge is 0.219 e. The van der Waals surface area contributed by atoms with Crippen molar-refractivity contribution < 1.29 is 23.7 Å². The maximum Gasteiger partial charge on any atom is 0.219 e. The van der Waals surface area contributed by atoms with Gasteiger partial charge in [-0.1, -0.05) is 107 Å². The normalized spacial score (nSPS) is 20.9. The number of likely N-dealkylation sites (tertiary alicyclic amines) is 3. The molecule has 1 amide bonds. The lowest BCUT2D eigenvalue weighted by Crippen LogP contribution is -2.48. The number of hydrogen-bond donors (Lipinski definition) is 0. The first-order valence-corrected chi connectivity index (χ1v) is 31.9. The fourth-order valence-electron chi connectivity index (χ4n) is 12.0. The minimum atomic E-state index is 0.202. The van der Waals surface area contributed by atoms with Crippen molar-refractivity contribution in [2.45, 2.75) is 144 Å². The maximum atomic E-state index is 11.2. The number of benzene rings is 4. The lowest BCUT2D eigenvalue weighted by atomic mass is 9.92. The molecule has 0 aliphatic carbocycles. The van der Waals surface area contributed by atoms with Gasteiger partial charge in [-0.05, 0) is 214 Å². The van der Waals surface area contributed by atoms with E-state index in [1.54, 1.807) is 6.92 Å². The Morgan fingerprint density at radius 3 is 0.975 bits per heavy atom.